The molecule has 2 aromatic rings. The van der Waals surface area contributed by atoms with Crippen molar-refractivity contribution in [2.45, 2.75) is 0 Å². The molecule has 0 aliphatic rings. The fourth-order valence-corrected chi connectivity index (χ4v) is 1.59. The smallest absolute Gasteiger partial charge is 0.132 e. The Kier molecular flexibility index (Phi) is 3.70. The number of nitrogens with one attached hydrogen (secondary N) is 1. The molecule has 0 spiro atoms. The minimum atomic E-state index is 0.546. The molecule has 0 unspecified atom stereocenters. The largest absolute Gasteiger partial charge is 0.325 e. The Hall–Kier alpha value is -2.93. The van der Waals surface area contributed by atoms with Crippen LogP contribution >= 0.6 is 0 Å². The molecule has 0 radical (unpaired) electrons. The number of pyridine rings is 2. The highest BCUT2D eigenvalue weighted by Crippen LogP contribution is 2.17. The van der Waals surface area contributed by atoms with Gasteiger partial charge in [-0.3, -0.25) is 0 Å². The van der Waals surface area contributed by atoms with Crippen molar-refractivity contribution in [1.82, 2.24) is 9.97 Å². The van der Waals surface area contributed by atoms with Gasteiger partial charge in [0.1, 0.15) is 11.6 Å². The highest BCUT2D eigenvalue weighted by Gasteiger charge is 2.02. The van der Waals surface area contributed by atoms with Gasteiger partial charge in [-0.15, -0.1) is 0 Å². The summed E-state index contributed by atoms with van der Waals surface area (Å²) in [6.45, 7) is 7.44. The SMILES string of the molecule is C=Cc1ccc(Nc2cc(C#N)ccn2)nc1C=C. The summed E-state index contributed by atoms with van der Waals surface area (Å²) in [6, 6.07) is 9.10. The van der Waals surface area contributed by atoms with Crippen LogP contribution in [0, 0.1) is 11.3 Å². The quantitative estimate of drug-likeness (QED) is 0.901. The number of rotatable bonds is 4. The Morgan fingerprint density at radius 2 is 2.00 bits per heavy atom. The Balaban J connectivity index is 2.30. The van der Waals surface area contributed by atoms with Crippen molar-refractivity contribution < 1.29 is 0 Å². The predicted molar refractivity (Wildman–Crippen MR) is 76.7 cm³/mol. The number of aromatic nitrogens is 2. The summed E-state index contributed by atoms with van der Waals surface area (Å²) < 4.78 is 0. The third kappa shape index (κ3) is 2.85. The van der Waals surface area contributed by atoms with E-state index in [0.717, 1.165) is 11.3 Å². The zero-order chi connectivity index (χ0) is 13.7. The molecule has 4 heteroatoms. The van der Waals surface area contributed by atoms with Crippen LogP contribution in [0.3, 0.4) is 0 Å². The maximum atomic E-state index is 8.83. The molecule has 2 heterocycles. The molecular weight excluding hydrogens is 236 g/mol. The van der Waals surface area contributed by atoms with Gasteiger partial charge in [0, 0.05) is 6.20 Å². The lowest BCUT2D eigenvalue weighted by molar-refractivity contribution is 1.23. The van der Waals surface area contributed by atoms with Crippen molar-refractivity contribution in [2.24, 2.45) is 0 Å². The first-order valence-electron chi connectivity index (χ1n) is 5.66. The van der Waals surface area contributed by atoms with Crippen molar-refractivity contribution in [3.63, 3.8) is 0 Å². The number of hydrogen-bond donors (Lipinski definition) is 1. The third-order valence-corrected chi connectivity index (χ3v) is 2.52. The standard InChI is InChI=1S/C15H12N4/c1-3-12-5-6-14(18-13(12)4-2)19-15-9-11(10-16)7-8-17-15/h3-9H,1-2H2,(H,17,18,19). The van der Waals surface area contributed by atoms with Gasteiger partial charge < -0.3 is 5.32 Å². The van der Waals surface area contributed by atoms with Gasteiger partial charge in [0.05, 0.1) is 17.3 Å². The van der Waals surface area contributed by atoms with Crippen LogP contribution in [0.5, 0.6) is 0 Å². The van der Waals surface area contributed by atoms with E-state index < -0.39 is 0 Å². The zero-order valence-electron chi connectivity index (χ0n) is 10.3. The molecule has 0 saturated carbocycles. The molecule has 0 fully saturated rings. The fourth-order valence-electron chi connectivity index (χ4n) is 1.59. The molecule has 0 atom stereocenters. The van der Waals surface area contributed by atoms with Gasteiger partial charge in [-0.2, -0.15) is 5.26 Å². The first-order chi connectivity index (χ1) is 9.26. The minimum absolute atomic E-state index is 0.546. The Morgan fingerprint density at radius 3 is 2.68 bits per heavy atom. The van der Waals surface area contributed by atoms with E-state index in [0.29, 0.717) is 17.2 Å². The van der Waals surface area contributed by atoms with E-state index in [-0.39, 0.29) is 0 Å². The van der Waals surface area contributed by atoms with Crippen LogP contribution in [-0.2, 0) is 0 Å². The molecule has 0 bridgehead atoms. The fraction of sp³-hybridized carbons (Fsp3) is 0. The van der Waals surface area contributed by atoms with Crippen molar-refractivity contribution in [3.8, 4) is 6.07 Å². The molecular formula is C15H12N4. The lowest BCUT2D eigenvalue weighted by Gasteiger charge is -2.07. The molecule has 19 heavy (non-hydrogen) atoms. The van der Waals surface area contributed by atoms with Gasteiger partial charge in [-0.1, -0.05) is 19.2 Å². The van der Waals surface area contributed by atoms with Gasteiger partial charge in [0.15, 0.2) is 0 Å². The van der Waals surface area contributed by atoms with Crippen LogP contribution in [0.25, 0.3) is 12.2 Å². The zero-order valence-corrected chi connectivity index (χ0v) is 10.3. The van der Waals surface area contributed by atoms with E-state index in [1.807, 2.05) is 12.1 Å². The van der Waals surface area contributed by atoms with Crippen molar-refractivity contribution in [3.05, 3.63) is 60.4 Å². The predicted octanol–water partition coefficient (Wildman–Crippen LogP) is 3.38. The van der Waals surface area contributed by atoms with Crippen LogP contribution in [-0.4, -0.2) is 9.97 Å². The molecule has 2 aromatic heterocycles. The van der Waals surface area contributed by atoms with E-state index in [9.17, 15) is 0 Å². The van der Waals surface area contributed by atoms with Crippen molar-refractivity contribution in [1.29, 1.82) is 5.26 Å². The lowest BCUT2D eigenvalue weighted by atomic mass is 10.2. The summed E-state index contributed by atoms with van der Waals surface area (Å²) in [5.74, 6) is 1.22. The molecule has 0 aromatic carbocycles. The monoisotopic (exact) mass is 248 g/mol. The van der Waals surface area contributed by atoms with Crippen LogP contribution < -0.4 is 5.32 Å². The van der Waals surface area contributed by atoms with Gasteiger partial charge in [0.25, 0.3) is 0 Å². The normalized spacial score (nSPS) is 9.42. The topological polar surface area (TPSA) is 61.6 Å². The van der Waals surface area contributed by atoms with Gasteiger partial charge in [-0.05, 0) is 35.9 Å². The molecule has 4 nitrogen and oxygen atoms in total. The number of nitrogens with zero attached hydrogens (tertiary/aromatic N) is 3. The van der Waals surface area contributed by atoms with Crippen LogP contribution in [0.1, 0.15) is 16.8 Å². The van der Waals surface area contributed by atoms with E-state index in [4.69, 9.17) is 5.26 Å². The summed E-state index contributed by atoms with van der Waals surface area (Å²) in [7, 11) is 0. The van der Waals surface area contributed by atoms with E-state index >= 15 is 0 Å². The summed E-state index contributed by atoms with van der Waals surface area (Å²) in [6.07, 6.45) is 4.97. The highest BCUT2D eigenvalue weighted by atomic mass is 15.1. The number of hydrogen-bond acceptors (Lipinski definition) is 4. The summed E-state index contributed by atoms with van der Waals surface area (Å²) in [4.78, 5) is 8.52. The average molecular weight is 248 g/mol. The molecule has 92 valence electrons. The molecule has 0 amide bonds. The molecule has 0 saturated heterocycles. The van der Waals surface area contributed by atoms with E-state index in [2.05, 4.69) is 34.5 Å². The van der Waals surface area contributed by atoms with Crippen LogP contribution in [0.15, 0.2) is 43.6 Å². The molecule has 0 aliphatic carbocycles. The van der Waals surface area contributed by atoms with Gasteiger partial charge in [0.2, 0.25) is 0 Å². The Labute approximate surface area is 111 Å². The molecule has 1 N–H and O–H groups in total. The number of anilines is 2. The summed E-state index contributed by atoms with van der Waals surface area (Å²) in [5, 5.41) is 11.9. The highest BCUT2D eigenvalue weighted by molar-refractivity contribution is 5.64. The second-order valence-corrected chi connectivity index (χ2v) is 3.75. The van der Waals surface area contributed by atoms with Crippen molar-refractivity contribution >= 4 is 23.8 Å². The van der Waals surface area contributed by atoms with E-state index in [1.54, 1.807) is 30.5 Å². The second kappa shape index (κ2) is 5.61. The second-order valence-electron chi connectivity index (χ2n) is 3.75. The first kappa shape index (κ1) is 12.5. The number of nitriles is 1. The summed E-state index contributed by atoms with van der Waals surface area (Å²) in [5.41, 5.74) is 2.21. The summed E-state index contributed by atoms with van der Waals surface area (Å²) >= 11 is 0. The van der Waals surface area contributed by atoms with Crippen molar-refractivity contribution in [2.75, 3.05) is 5.32 Å². The minimum Gasteiger partial charge on any atom is -0.325 e. The van der Waals surface area contributed by atoms with E-state index in [1.165, 1.54) is 0 Å². The van der Waals surface area contributed by atoms with Crippen LogP contribution in [0.2, 0.25) is 0 Å². The lowest BCUT2D eigenvalue weighted by Crippen LogP contribution is -1.98. The van der Waals surface area contributed by atoms with Crippen LogP contribution in [0.4, 0.5) is 11.6 Å². The average Bonchev–Trinajstić information content (AvgIpc) is 2.47. The maximum absolute atomic E-state index is 8.83. The Morgan fingerprint density at radius 1 is 1.16 bits per heavy atom. The Bertz CT molecular complexity index is 668. The maximum Gasteiger partial charge on any atom is 0.132 e. The third-order valence-electron chi connectivity index (χ3n) is 2.52. The molecule has 2 rings (SSSR count). The van der Waals surface area contributed by atoms with Gasteiger partial charge >= 0.3 is 0 Å². The first-order valence-corrected chi connectivity index (χ1v) is 5.66. The molecule has 0 aliphatic heterocycles. The van der Waals surface area contributed by atoms with Gasteiger partial charge in [-0.25, -0.2) is 9.97 Å².